The van der Waals surface area contributed by atoms with E-state index < -0.39 is 0 Å². The van der Waals surface area contributed by atoms with Gasteiger partial charge < -0.3 is 5.32 Å². The molecule has 0 fully saturated rings. The molecule has 0 aromatic heterocycles. The summed E-state index contributed by atoms with van der Waals surface area (Å²) in [7, 11) is 1.67. The Balaban J connectivity index is 1.99. The van der Waals surface area contributed by atoms with Crippen LogP contribution in [0.1, 0.15) is 24.0 Å². The van der Waals surface area contributed by atoms with Gasteiger partial charge in [-0.15, -0.1) is 0 Å². The maximum absolute atomic E-state index is 11.3. The number of hydrogen-bond acceptors (Lipinski definition) is 3. The Labute approximate surface area is 106 Å². The van der Waals surface area contributed by atoms with E-state index in [-0.39, 0.29) is 11.8 Å². The molecule has 1 heterocycles. The van der Waals surface area contributed by atoms with Crippen LogP contribution in [0.15, 0.2) is 18.2 Å². The van der Waals surface area contributed by atoms with E-state index in [1.54, 1.807) is 7.05 Å². The van der Waals surface area contributed by atoms with Crippen LogP contribution in [0.25, 0.3) is 0 Å². The van der Waals surface area contributed by atoms with Crippen molar-refractivity contribution in [3.8, 4) is 0 Å². The van der Waals surface area contributed by atoms with Crippen molar-refractivity contribution in [3.63, 3.8) is 0 Å². The first kappa shape index (κ1) is 12.6. The first-order valence-electron chi connectivity index (χ1n) is 6.06. The maximum atomic E-state index is 11.3. The number of nitrogens with one attached hydrogen (secondary N) is 3. The summed E-state index contributed by atoms with van der Waals surface area (Å²) < 4.78 is 0. The third kappa shape index (κ3) is 3.07. The Morgan fingerprint density at radius 2 is 2.22 bits per heavy atom. The number of hydrazine groups is 1. The number of amides is 2. The number of carbonyl (C=O) groups excluding carboxylic acids is 2. The number of fused-ring (bicyclic) bond motifs is 1. The fraction of sp³-hybridized carbons (Fsp3) is 0.385. The molecule has 0 radical (unpaired) electrons. The minimum absolute atomic E-state index is 0.0245. The summed E-state index contributed by atoms with van der Waals surface area (Å²) in [6.45, 7) is 0. The maximum Gasteiger partial charge on any atom is 0.234 e. The lowest BCUT2D eigenvalue weighted by molar-refractivity contribution is -0.122. The average molecular weight is 247 g/mol. The smallest absolute Gasteiger partial charge is 0.234 e. The molecule has 2 amide bonds. The molecule has 1 aliphatic heterocycles. The molecule has 0 aliphatic carbocycles. The summed E-state index contributed by atoms with van der Waals surface area (Å²) in [6, 6.07) is 5.94. The van der Waals surface area contributed by atoms with E-state index in [2.05, 4.69) is 22.2 Å². The standard InChI is InChI=1S/C13H17N3O2/c1-14-16-13(18)6-3-9-2-5-11-10(8-9)4-7-12(17)15-11/h2,5,8,14H,3-4,6-7H2,1H3,(H,15,17)(H,16,18). The molecule has 1 aromatic carbocycles. The van der Waals surface area contributed by atoms with Gasteiger partial charge in [0, 0.05) is 25.6 Å². The normalized spacial score (nSPS) is 13.7. The molecule has 1 aromatic rings. The van der Waals surface area contributed by atoms with Crippen molar-refractivity contribution in [3.05, 3.63) is 29.3 Å². The molecule has 5 nitrogen and oxygen atoms in total. The van der Waals surface area contributed by atoms with Crippen LogP contribution < -0.4 is 16.2 Å². The van der Waals surface area contributed by atoms with E-state index in [0.29, 0.717) is 19.3 Å². The van der Waals surface area contributed by atoms with Crippen molar-refractivity contribution in [1.29, 1.82) is 0 Å². The molecule has 0 bridgehead atoms. The lowest BCUT2D eigenvalue weighted by Crippen LogP contribution is -2.34. The van der Waals surface area contributed by atoms with E-state index in [9.17, 15) is 9.59 Å². The zero-order valence-electron chi connectivity index (χ0n) is 10.4. The highest BCUT2D eigenvalue weighted by atomic mass is 16.2. The molecule has 3 N–H and O–H groups in total. The molecule has 0 unspecified atom stereocenters. The monoisotopic (exact) mass is 247 g/mol. The van der Waals surface area contributed by atoms with Crippen molar-refractivity contribution < 1.29 is 9.59 Å². The predicted octanol–water partition coefficient (Wildman–Crippen LogP) is 0.754. The Hall–Kier alpha value is -1.88. The minimum atomic E-state index is -0.0245. The molecule has 18 heavy (non-hydrogen) atoms. The lowest BCUT2D eigenvalue weighted by Gasteiger charge is -2.17. The second-order valence-electron chi connectivity index (χ2n) is 4.34. The summed E-state index contributed by atoms with van der Waals surface area (Å²) in [6.07, 6.45) is 2.47. The van der Waals surface area contributed by atoms with Gasteiger partial charge >= 0.3 is 0 Å². The van der Waals surface area contributed by atoms with Gasteiger partial charge in [-0.3, -0.25) is 15.0 Å². The molecular formula is C13H17N3O2. The van der Waals surface area contributed by atoms with E-state index in [1.165, 1.54) is 0 Å². The van der Waals surface area contributed by atoms with Gasteiger partial charge in [-0.1, -0.05) is 12.1 Å². The second kappa shape index (κ2) is 5.64. The van der Waals surface area contributed by atoms with Crippen LogP contribution in [0.4, 0.5) is 5.69 Å². The lowest BCUT2D eigenvalue weighted by atomic mass is 9.98. The molecule has 0 saturated carbocycles. The molecule has 0 saturated heterocycles. The summed E-state index contributed by atoms with van der Waals surface area (Å²) in [4.78, 5) is 22.5. The van der Waals surface area contributed by atoms with Crippen LogP contribution in [0.2, 0.25) is 0 Å². The largest absolute Gasteiger partial charge is 0.326 e. The fourth-order valence-corrected chi connectivity index (χ4v) is 2.05. The molecule has 1 aliphatic rings. The first-order chi connectivity index (χ1) is 8.69. The number of carbonyl (C=O) groups is 2. The van der Waals surface area contributed by atoms with Crippen molar-refractivity contribution in [2.24, 2.45) is 0 Å². The van der Waals surface area contributed by atoms with Crippen LogP contribution in [-0.4, -0.2) is 18.9 Å². The predicted molar refractivity (Wildman–Crippen MR) is 68.9 cm³/mol. The molecule has 5 heteroatoms. The summed E-state index contributed by atoms with van der Waals surface area (Å²) in [5, 5.41) is 2.84. The number of aryl methyl sites for hydroxylation is 2. The van der Waals surface area contributed by atoms with Gasteiger partial charge in [0.1, 0.15) is 0 Å². The Morgan fingerprint density at radius 3 is 3.00 bits per heavy atom. The molecule has 0 spiro atoms. The third-order valence-electron chi connectivity index (χ3n) is 2.97. The Kier molecular flexibility index (Phi) is 3.94. The van der Waals surface area contributed by atoms with Gasteiger partial charge in [0.25, 0.3) is 0 Å². The number of hydrogen-bond donors (Lipinski definition) is 3. The number of benzene rings is 1. The van der Waals surface area contributed by atoms with Crippen LogP contribution in [0.3, 0.4) is 0 Å². The van der Waals surface area contributed by atoms with Gasteiger partial charge in [0.05, 0.1) is 0 Å². The van der Waals surface area contributed by atoms with E-state index in [4.69, 9.17) is 0 Å². The average Bonchev–Trinajstić information content (AvgIpc) is 2.36. The van der Waals surface area contributed by atoms with Crippen molar-refractivity contribution in [1.82, 2.24) is 10.9 Å². The first-order valence-corrected chi connectivity index (χ1v) is 6.06. The van der Waals surface area contributed by atoms with E-state index in [0.717, 1.165) is 23.2 Å². The number of anilines is 1. The fourth-order valence-electron chi connectivity index (χ4n) is 2.05. The Bertz CT molecular complexity index is 471. The topological polar surface area (TPSA) is 70.2 Å². The zero-order chi connectivity index (χ0) is 13.0. The minimum Gasteiger partial charge on any atom is -0.326 e. The summed E-state index contributed by atoms with van der Waals surface area (Å²) >= 11 is 0. The summed E-state index contributed by atoms with van der Waals surface area (Å²) in [5.74, 6) is 0.0483. The SMILES string of the molecule is CNNC(=O)CCc1ccc2c(c1)CCC(=O)N2. The van der Waals surface area contributed by atoms with Crippen molar-refractivity contribution in [2.45, 2.75) is 25.7 Å². The van der Waals surface area contributed by atoms with E-state index in [1.807, 2.05) is 12.1 Å². The molecule has 96 valence electrons. The van der Waals surface area contributed by atoms with Gasteiger partial charge in [0.15, 0.2) is 0 Å². The Morgan fingerprint density at radius 1 is 1.39 bits per heavy atom. The third-order valence-corrected chi connectivity index (χ3v) is 2.97. The van der Waals surface area contributed by atoms with Crippen LogP contribution in [-0.2, 0) is 22.4 Å². The number of rotatable bonds is 4. The second-order valence-corrected chi connectivity index (χ2v) is 4.34. The highest BCUT2D eigenvalue weighted by molar-refractivity contribution is 5.93. The van der Waals surface area contributed by atoms with Crippen LogP contribution >= 0.6 is 0 Å². The van der Waals surface area contributed by atoms with Gasteiger partial charge in [-0.25, -0.2) is 5.43 Å². The molecule has 2 rings (SSSR count). The molecular weight excluding hydrogens is 230 g/mol. The zero-order valence-corrected chi connectivity index (χ0v) is 10.4. The highest BCUT2D eigenvalue weighted by Gasteiger charge is 2.14. The van der Waals surface area contributed by atoms with E-state index >= 15 is 0 Å². The quantitative estimate of drug-likeness (QED) is 0.688. The molecule has 0 atom stereocenters. The summed E-state index contributed by atoms with van der Waals surface area (Å²) in [5.41, 5.74) is 8.32. The van der Waals surface area contributed by atoms with Crippen molar-refractivity contribution >= 4 is 17.5 Å². The van der Waals surface area contributed by atoms with Gasteiger partial charge in [-0.2, -0.15) is 0 Å². The highest BCUT2D eigenvalue weighted by Crippen LogP contribution is 2.23. The van der Waals surface area contributed by atoms with Crippen LogP contribution in [0, 0.1) is 0 Å². The van der Waals surface area contributed by atoms with Gasteiger partial charge in [-0.05, 0) is 30.0 Å². The van der Waals surface area contributed by atoms with Gasteiger partial charge in [0.2, 0.25) is 11.8 Å². The van der Waals surface area contributed by atoms with Crippen molar-refractivity contribution in [2.75, 3.05) is 12.4 Å². The van der Waals surface area contributed by atoms with Crippen LogP contribution in [0.5, 0.6) is 0 Å².